The van der Waals surface area contributed by atoms with Crippen LogP contribution in [0.25, 0.3) is 5.69 Å². The number of hydrogen-bond donors (Lipinski definition) is 0. The number of aromatic nitrogens is 3. The minimum absolute atomic E-state index is 0.843. The summed E-state index contributed by atoms with van der Waals surface area (Å²) in [5, 5.41) is 9.09. The summed E-state index contributed by atoms with van der Waals surface area (Å²) in [6.45, 7) is 0. The molecule has 0 amide bonds. The van der Waals surface area contributed by atoms with Crippen LogP contribution in [0.2, 0.25) is 0 Å². The third kappa shape index (κ3) is 3.25. The van der Waals surface area contributed by atoms with Gasteiger partial charge in [-0.3, -0.25) is 4.57 Å². The fourth-order valence-corrected chi connectivity index (χ4v) is 2.84. The number of rotatable bonds is 5. The van der Waals surface area contributed by atoms with Crippen LogP contribution in [0.1, 0.15) is 5.56 Å². The molecule has 106 valence electrons. The predicted octanol–water partition coefficient (Wildman–Crippen LogP) is 3.57. The standard InChI is InChI=1S/C16H15N3OS/c1-20-15-9-7-13(8-10-15)11-21-16-18-17-12-19(16)14-5-3-2-4-6-14/h2-10,12H,11H2,1H3. The van der Waals surface area contributed by atoms with Crippen LogP contribution in [0, 0.1) is 0 Å². The van der Waals surface area contributed by atoms with E-state index in [2.05, 4.69) is 22.3 Å². The van der Waals surface area contributed by atoms with Crippen LogP contribution in [0.3, 0.4) is 0 Å². The van der Waals surface area contributed by atoms with E-state index < -0.39 is 0 Å². The first-order valence-electron chi connectivity index (χ1n) is 6.58. The summed E-state index contributed by atoms with van der Waals surface area (Å²) in [7, 11) is 1.67. The zero-order valence-electron chi connectivity index (χ0n) is 11.6. The minimum Gasteiger partial charge on any atom is -0.497 e. The maximum atomic E-state index is 5.16. The molecule has 21 heavy (non-hydrogen) atoms. The van der Waals surface area contributed by atoms with Gasteiger partial charge in [-0.15, -0.1) is 10.2 Å². The second kappa shape index (κ2) is 6.45. The van der Waals surface area contributed by atoms with Crippen molar-refractivity contribution in [3.8, 4) is 11.4 Å². The lowest BCUT2D eigenvalue weighted by Crippen LogP contribution is -1.94. The van der Waals surface area contributed by atoms with Crippen LogP contribution in [-0.2, 0) is 5.75 Å². The first-order valence-corrected chi connectivity index (χ1v) is 7.56. The molecule has 0 saturated heterocycles. The topological polar surface area (TPSA) is 39.9 Å². The summed E-state index contributed by atoms with van der Waals surface area (Å²) < 4.78 is 7.16. The molecule has 4 nitrogen and oxygen atoms in total. The van der Waals surface area contributed by atoms with Gasteiger partial charge in [-0.1, -0.05) is 42.1 Å². The number of ether oxygens (including phenoxy) is 1. The van der Waals surface area contributed by atoms with E-state index in [9.17, 15) is 0 Å². The van der Waals surface area contributed by atoms with Crippen molar-refractivity contribution in [1.82, 2.24) is 14.8 Å². The van der Waals surface area contributed by atoms with E-state index in [1.807, 2.05) is 47.0 Å². The highest BCUT2D eigenvalue weighted by Crippen LogP contribution is 2.24. The van der Waals surface area contributed by atoms with Crippen molar-refractivity contribution in [1.29, 1.82) is 0 Å². The SMILES string of the molecule is COc1ccc(CSc2nncn2-c2ccccc2)cc1. The Morgan fingerprint density at radius 2 is 1.81 bits per heavy atom. The third-order valence-electron chi connectivity index (χ3n) is 3.08. The number of benzene rings is 2. The zero-order valence-corrected chi connectivity index (χ0v) is 12.5. The molecule has 0 radical (unpaired) electrons. The third-order valence-corrected chi connectivity index (χ3v) is 4.09. The van der Waals surface area contributed by atoms with Crippen molar-refractivity contribution in [2.24, 2.45) is 0 Å². The predicted molar refractivity (Wildman–Crippen MR) is 83.9 cm³/mol. The van der Waals surface area contributed by atoms with Gasteiger partial charge in [0.15, 0.2) is 5.16 Å². The molecule has 1 aromatic heterocycles. The van der Waals surface area contributed by atoms with Gasteiger partial charge < -0.3 is 4.74 Å². The summed E-state index contributed by atoms with van der Waals surface area (Å²) in [5.41, 5.74) is 2.29. The molecular weight excluding hydrogens is 282 g/mol. The highest BCUT2D eigenvalue weighted by atomic mass is 32.2. The highest BCUT2D eigenvalue weighted by Gasteiger charge is 2.07. The average Bonchev–Trinajstić information content (AvgIpc) is 3.03. The summed E-state index contributed by atoms with van der Waals surface area (Å²) in [6.07, 6.45) is 1.74. The Bertz CT molecular complexity index is 695. The van der Waals surface area contributed by atoms with Crippen LogP contribution >= 0.6 is 11.8 Å². The molecule has 0 aliphatic heterocycles. The van der Waals surface area contributed by atoms with Crippen molar-refractivity contribution >= 4 is 11.8 Å². The van der Waals surface area contributed by atoms with E-state index in [1.54, 1.807) is 25.2 Å². The summed E-state index contributed by atoms with van der Waals surface area (Å²) in [5.74, 6) is 1.71. The van der Waals surface area contributed by atoms with Crippen molar-refractivity contribution < 1.29 is 4.74 Å². The highest BCUT2D eigenvalue weighted by molar-refractivity contribution is 7.98. The molecule has 1 heterocycles. The molecule has 0 unspecified atom stereocenters. The number of methoxy groups -OCH3 is 1. The Hall–Kier alpha value is -2.27. The van der Waals surface area contributed by atoms with Crippen LogP contribution in [0.5, 0.6) is 5.75 Å². The molecule has 0 saturated carbocycles. The average molecular weight is 297 g/mol. The Morgan fingerprint density at radius 1 is 1.05 bits per heavy atom. The first-order chi connectivity index (χ1) is 10.4. The molecule has 0 aliphatic carbocycles. The van der Waals surface area contributed by atoms with Gasteiger partial charge in [0.1, 0.15) is 12.1 Å². The van der Waals surface area contributed by atoms with E-state index in [1.165, 1.54) is 5.56 Å². The normalized spacial score (nSPS) is 10.5. The number of thioether (sulfide) groups is 1. The molecule has 0 aliphatic rings. The van der Waals surface area contributed by atoms with E-state index >= 15 is 0 Å². The van der Waals surface area contributed by atoms with Gasteiger partial charge in [-0.05, 0) is 29.8 Å². The first kappa shape index (κ1) is 13.7. The van der Waals surface area contributed by atoms with Gasteiger partial charge in [-0.2, -0.15) is 0 Å². The maximum Gasteiger partial charge on any atom is 0.195 e. The minimum atomic E-state index is 0.843. The lowest BCUT2D eigenvalue weighted by molar-refractivity contribution is 0.414. The summed E-state index contributed by atoms with van der Waals surface area (Å²) >= 11 is 1.66. The number of hydrogen-bond acceptors (Lipinski definition) is 4. The van der Waals surface area contributed by atoms with Crippen molar-refractivity contribution in [2.75, 3.05) is 7.11 Å². The fraction of sp³-hybridized carbons (Fsp3) is 0.125. The van der Waals surface area contributed by atoms with E-state index in [0.717, 1.165) is 22.3 Å². The molecule has 0 N–H and O–H groups in total. The molecule has 0 spiro atoms. The monoisotopic (exact) mass is 297 g/mol. The molecule has 3 aromatic rings. The molecular formula is C16H15N3OS. The van der Waals surface area contributed by atoms with E-state index in [4.69, 9.17) is 4.74 Å². The lowest BCUT2D eigenvalue weighted by atomic mass is 10.2. The maximum absolute atomic E-state index is 5.16. The van der Waals surface area contributed by atoms with Crippen molar-refractivity contribution in [3.05, 3.63) is 66.5 Å². The summed E-state index contributed by atoms with van der Waals surface area (Å²) in [6, 6.07) is 18.2. The van der Waals surface area contributed by atoms with Gasteiger partial charge in [0.05, 0.1) is 7.11 Å². The van der Waals surface area contributed by atoms with Crippen LogP contribution in [0.4, 0.5) is 0 Å². The molecule has 3 rings (SSSR count). The van der Waals surface area contributed by atoms with Gasteiger partial charge in [0, 0.05) is 11.4 Å². The van der Waals surface area contributed by atoms with E-state index in [-0.39, 0.29) is 0 Å². The van der Waals surface area contributed by atoms with Crippen molar-refractivity contribution in [2.45, 2.75) is 10.9 Å². The Kier molecular flexibility index (Phi) is 4.21. The van der Waals surface area contributed by atoms with Gasteiger partial charge in [0.2, 0.25) is 0 Å². The number of nitrogens with zero attached hydrogens (tertiary/aromatic N) is 3. The van der Waals surface area contributed by atoms with Crippen LogP contribution < -0.4 is 4.74 Å². The molecule has 0 fully saturated rings. The Labute approximate surface area is 127 Å². The smallest absolute Gasteiger partial charge is 0.195 e. The van der Waals surface area contributed by atoms with Gasteiger partial charge >= 0.3 is 0 Å². The lowest BCUT2D eigenvalue weighted by Gasteiger charge is -2.06. The second-order valence-electron chi connectivity index (χ2n) is 4.46. The molecule has 5 heteroatoms. The molecule has 2 aromatic carbocycles. The van der Waals surface area contributed by atoms with E-state index in [0.29, 0.717) is 0 Å². The quantitative estimate of drug-likeness (QED) is 0.675. The fourth-order valence-electron chi connectivity index (χ4n) is 1.96. The van der Waals surface area contributed by atoms with Crippen molar-refractivity contribution in [3.63, 3.8) is 0 Å². The molecule has 0 bridgehead atoms. The van der Waals surface area contributed by atoms with Gasteiger partial charge in [-0.25, -0.2) is 0 Å². The summed E-state index contributed by atoms with van der Waals surface area (Å²) in [4.78, 5) is 0. The zero-order chi connectivity index (χ0) is 14.5. The second-order valence-corrected chi connectivity index (χ2v) is 5.40. The number of para-hydroxylation sites is 1. The van der Waals surface area contributed by atoms with Crippen LogP contribution in [-0.4, -0.2) is 21.9 Å². The Morgan fingerprint density at radius 3 is 2.52 bits per heavy atom. The molecule has 0 atom stereocenters. The van der Waals surface area contributed by atoms with Gasteiger partial charge in [0.25, 0.3) is 0 Å². The Balaban J connectivity index is 1.72. The van der Waals surface area contributed by atoms with Crippen LogP contribution in [0.15, 0.2) is 66.1 Å². The largest absolute Gasteiger partial charge is 0.497 e.